The van der Waals surface area contributed by atoms with E-state index in [0.717, 1.165) is 6.07 Å². The Bertz CT molecular complexity index is 2680. The van der Waals surface area contributed by atoms with Crippen molar-refractivity contribution in [1.29, 1.82) is 0 Å². The van der Waals surface area contributed by atoms with Crippen LogP contribution in [0.3, 0.4) is 0 Å². The Morgan fingerprint density at radius 1 is 0.750 bits per heavy atom. The van der Waals surface area contributed by atoms with Gasteiger partial charge in [-0.25, -0.2) is 21.6 Å². The summed E-state index contributed by atoms with van der Waals surface area (Å²) in [5, 5.41) is 51.2. The number of nitrogens with zero attached hydrogens (tertiary/aromatic N) is 7. The van der Waals surface area contributed by atoms with Crippen molar-refractivity contribution in [3.8, 4) is 0 Å². The van der Waals surface area contributed by atoms with E-state index in [1.807, 2.05) is 0 Å². The van der Waals surface area contributed by atoms with Gasteiger partial charge in [0.1, 0.15) is 21.5 Å². The minimum Gasteiger partial charge on any atom is -0.744 e. The number of urea groups is 1. The van der Waals surface area contributed by atoms with Gasteiger partial charge in [0.05, 0.1) is 51.3 Å². The number of aryl methyl sites for hydroxylation is 2. The van der Waals surface area contributed by atoms with Crippen molar-refractivity contribution in [3.05, 3.63) is 89.2 Å². The molecule has 32 heteroatoms. The molecule has 0 aliphatic carbocycles. The van der Waals surface area contributed by atoms with Gasteiger partial charge >= 0.3 is 94.7 Å². The number of nitrogens with one attached hydrogen (secondary N) is 3. The second-order valence-electron chi connectivity index (χ2n) is 11.7. The van der Waals surface area contributed by atoms with Crippen LogP contribution in [0.25, 0.3) is 0 Å². The van der Waals surface area contributed by atoms with Crippen LogP contribution in [0.5, 0.6) is 0 Å². The molecule has 0 saturated heterocycles. The predicted molar refractivity (Wildman–Crippen MR) is 212 cm³/mol. The van der Waals surface area contributed by atoms with E-state index in [1.54, 1.807) is 32.0 Å². The third-order valence-electron chi connectivity index (χ3n) is 7.53. The van der Waals surface area contributed by atoms with Gasteiger partial charge < -0.3 is 36.8 Å². The largest absolute Gasteiger partial charge is 1.00 e. The van der Waals surface area contributed by atoms with Crippen molar-refractivity contribution in [2.45, 2.75) is 28.5 Å². The molecule has 4 aromatic carbocycles. The van der Waals surface area contributed by atoms with E-state index in [1.165, 1.54) is 48.5 Å². The van der Waals surface area contributed by atoms with E-state index in [4.69, 9.17) is 21.5 Å². The number of halogens is 1. The zero-order valence-electron chi connectivity index (χ0n) is 33.9. The first-order valence-electron chi connectivity index (χ1n) is 16.5. The number of hydrogen-bond acceptors (Lipinski definition) is 24. The van der Waals surface area contributed by atoms with E-state index in [2.05, 4.69) is 70.1 Å². The number of rotatable bonds is 20. The summed E-state index contributed by atoms with van der Waals surface area (Å²) in [5.41, 5.74) is 7.99. The molecule has 0 spiro atoms. The first kappa shape index (κ1) is 57.7. The second-order valence-corrected chi connectivity index (χ2v) is 16.8. The minimum absolute atomic E-state index is 0. The maximum atomic E-state index is 12.6. The Morgan fingerprint density at radius 2 is 1.31 bits per heavy atom. The van der Waals surface area contributed by atoms with Gasteiger partial charge in [0.2, 0.25) is 17.2 Å². The second kappa shape index (κ2) is 27.4. The molecule has 24 nitrogen and oxygen atoms in total. The van der Waals surface area contributed by atoms with Gasteiger partial charge in [-0.05, 0) is 109 Å². The fourth-order valence-corrected chi connectivity index (χ4v) is 7.38. The number of aromatic nitrogens is 3. The Labute approximate surface area is 444 Å². The van der Waals surface area contributed by atoms with Gasteiger partial charge in [-0.3, -0.25) is 14.3 Å². The van der Waals surface area contributed by atoms with E-state index in [-0.39, 0.29) is 152 Å². The smallest absolute Gasteiger partial charge is 0.744 e. The molecule has 0 unspecified atom stereocenters. The first-order valence-corrected chi connectivity index (χ1v) is 21.3. The molecule has 0 radical (unpaired) electrons. The Morgan fingerprint density at radius 3 is 1.89 bits per heavy atom. The van der Waals surface area contributed by atoms with E-state index >= 15 is 0 Å². The van der Waals surface area contributed by atoms with Gasteiger partial charge in [0.15, 0.2) is 22.2 Å². The SMILES string of the molecule is Cc1cc(N=Nc2cc(SOO[O-])ccc2S(=O)(=O)[O-])c(C)cc1N=Nc1ccc(Nc2nc(Cl)nc(Nc3ccc(S(=O)(=O)CCOSOO[O-])cc3)n2)cc1NC(N)=O.[Na+].[Na+].[Na+]. The molecule has 1 aromatic heterocycles. The predicted octanol–water partition coefficient (Wildman–Crippen LogP) is -3.33. The molecule has 5 N–H and O–H groups in total. The average Bonchev–Trinajstić information content (AvgIpc) is 3.19. The normalized spacial score (nSPS) is 11.4. The topological polar surface area (TPSA) is 351 Å². The molecule has 0 saturated carbocycles. The fourth-order valence-electron chi connectivity index (χ4n) is 4.83. The van der Waals surface area contributed by atoms with Crippen LogP contribution in [-0.4, -0.2) is 54.7 Å². The summed E-state index contributed by atoms with van der Waals surface area (Å²) in [6, 6.07) is 15.9. The zero-order valence-corrected chi connectivity index (χ0v) is 43.9. The monoisotopic (exact) mass is 1010 g/mol. The fraction of sp³-hybridized carbons (Fsp3) is 0.125. The summed E-state index contributed by atoms with van der Waals surface area (Å²) in [6.07, 6.45) is 0. The molecule has 322 valence electrons. The van der Waals surface area contributed by atoms with Crippen LogP contribution in [0.15, 0.2) is 108 Å². The van der Waals surface area contributed by atoms with Gasteiger partial charge in [0, 0.05) is 16.3 Å². The number of amides is 2. The molecule has 1 heterocycles. The van der Waals surface area contributed by atoms with Crippen molar-refractivity contribution in [2.24, 2.45) is 26.2 Å². The summed E-state index contributed by atoms with van der Waals surface area (Å²) < 4.78 is 73.5. The van der Waals surface area contributed by atoms with Crippen LogP contribution in [0, 0.1) is 13.8 Å². The number of azo groups is 2. The summed E-state index contributed by atoms with van der Waals surface area (Å²) in [5.74, 6) is -0.427. The molecule has 0 aliphatic heterocycles. The number of hydrogen-bond donors (Lipinski definition) is 4. The summed E-state index contributed by atoms with van der Waals surface area (Å²) in [4.78, 5) is 23.9. The Kier molecular flexibility index (Phi) is 24.7. The molecule has 64 heavy (non-hydrogen) atoms. The third kappa shape index (κ3) is 17.6. The third-order valence-corrected chi connectivity index (χ3v) is 11.2. The van der Waals surface area contributed by atoms with E-state index < -0.39 is 36.6 Å². The van der Waals surface area contributed by atoms with E-state index in [0.29, 0.717) is 45.9 Å². The van der Waals surface area contributed by atoms with Crippen LogP contribution in [0.1, 0.15) is 11.1 Å². The van der Waals surface area contributed by atoms with Crippen molar-refractivity contribution in [3.63, 3.8) is 0 Å². The number of carbonyl (C=O) groups excluding carboxylic acids is 1. The maximum Gasteiger partial charge on any atom is 1.00 e. The molecule has 0 aliphatic rings. The standard InChI is InChI=1S/C32H30ClN11O13S4.3Na/c1-17-14-25(43-44-27-16-21(58-56-54-46)6-10-28(27)61(50,51)52)18(2)13-24(17)42-41-23-9-5-20(15-26(23)37-30(34)45)36-32-39-29(33)38-31(40-32)35-19-3-7-22(8-4-19)60(48,49)12-11-53-59-57-55-47;;;/h3-10,13-16,46-47H,11-12H2,1-2H3,(H3,34,37,45)(H,50,51,52)(H2,35,36,38,39,40);;;/q;3*+1/p-3. The van der Waals surface area contributed by atoms with Crippen LogP contribution < -0.4 is 121 Å². The summed E-state index contributed by atoms with van der Waals surface area (Å²) in [6.45, 7) is 3.09. The number of benzene rings is 4. The summed E-state index contributed by atoms with van der Waals surface area (Å²) in [7, 11) is -8.68. The van der Waals surface area contributed by atoms with Gasteiger partial charge in [-0.1, -0.05) is 0 Å². The molecule has 5 aromatic rings. The minimum atomic E-state index is -4.94. The van der Waals surface area contributed by atoms with Crippen LogP contribution >= 0.6 is 36.0 Å². The zero-order chi connectivity index (χ0) is 44.2. The number of carbonyl (C=O) groups is 1. The summed E-state index contributed by atoms with van der Waals surface area (Å²) >= 11 is 6.83. The van der Waals surface area contributed by atoms with Gasteiger partial charge in [0.25, 0.3) is 0 Å². The number of nitrogens with two attached hydrogens (primary N) is 1. The maximum absolute atomic E-state index is 12.6. The first-order chi connectivity index (χ1) is 29.0. The molecule has 0 atom stereocenters. The van der Waals surface area contributed by atoms with Gasteiger partial charge in [-0.15, -0.1) is 14.6 Å². The van der Waals surface area contributed by atoms with Crippen LogP contribution in [0.4, 0.5) is 56.5 Å². The number of anilines is 5. The average molecular weight is 1010 g/mol. The van der Waals surface area contributed by atoms with Gasteiger partial charge in [-0.2, -0.15) is 29.5 Å². The van der Waals surface area contributed by atoms with Crippen molar-refractivity contribution >= 4 is 114 Å². The quantitative estimate of drug-likeness (QED) is 0.0113. The molecule has 0 fully saturated rings. The molecular weight excluding hydrogens is 979 g/mol. The Balaban J connectivity index is 0.00000469. The molecule has 2 amide bonds. The van der Waals surface area contributed by atoms with Crippen molar-refractivity contribution in [2.75, 3.05) is 28.3 Å². The molecule has 5 rings (SSSR count). The van der Waals surface area contributed by atoms with E-state index in [9.17, 15) is 36.7 Å². The van der Waals surface area contributed by atoms with Crippen LogP contribution in [-0.2, 0) is 42.9 Å². The number of primary amides is 1. The molecular formula is C32H27ClN11Na3O13S4. The molecule has 0 bridgehead atoms. The Hall–Kier alpha value is -2.47. The van der Waals surface area contributed by atoms with Crippen LogP contribution in [0.2, 0.25) is 5.28 Å². The van der Waals surface area contributed by atoms with Crippen molar-refractivity contribution in [1.82, 2.24) is 15.0 Å². The number of sulfone groups is 1. The van der Waals surface area contributed by atoms with Crippen molar-refractivity contribution < 1.29 is 148 Å².